The minimum Gasteiger partial charge on any atom is -0.508 e. The molecular weight excluding hydrogens is 565 g/mol. The first-order chi connectivity index (χ1) is 19.1. The lowest BCUT2D eigenvalue weighted by Crippen LogP contribution is -2.36. The van der Waals surface area contributed by atoms with Gasteiger partial charge in [0.2, 0.25) is 0 Å². The van der Waals surface area contributed by atoms with Crippen LogP contribution in [0.5, 0.6) is 0 Å². The summed E-state index contributed by atoms with van der Waals surface area (Å²) in [5.74, 6) is -1.60. The molecule has 0 saturated carbocycles. The van der Waals surface area contributed by atoms with Crippen LogP contribution in [0.3, 0.4) is 0 Å². The molecule has 0 amide bonds. The highest BCUT2D eigenvalue weighted by Gasteiger charge is 2.56. The quantitative estimate of drug-likeness (QED) is 0.0753. The second-order valence-electron chi connectivity index (χ2n) is 9.92. The molecule has 10 heteroatoms. The molecule has 226 valence electrons. The van der Waals surface area contributed by atoms with Crippen LogP contribution in [-0.2, 0) is 4.74 Å². The van der Waals surface area contributed by atoms with Crippen LogP contribution in [0.25, 0.3) is 0 Å². The summed E-state index contributed by atoms with van der Waals surface area (Å²) in [5, 5.41) is 13.3. The number of benzene rings is 1. The third-order valence-electron chi connectivity index (χ3n) is 6.89. The van der Waals surface area contributed by atoms with E-state index < -0.39 is 18.5 Å². The SMILES string of the molecule is C=C/C=C(O)\C=C1/CC(CCCCCCOCCSCCCC(F)(F)C(F)(F)F)C(c2ccc(NC)cc2)CS1. The maximum atomic E-state index is 12.9. The fraction of sp³-hybridized carbons (Fsp3) is 0.600. The molecule has 0 aliphatic carbocycles. The lowest BCUT2D eigenvalue weighted by atomic mass is 9.81. The van der Waals surface area contributed by atoms with E-state index in [1.807, 2.05) is 24.9 Å². The summed E-state index contributed by atoms with van der Waals surface area (Å²) in [6.07, 6.45) is 4.46. The van der Waals surface area contributed by atoms with Crippen molar-refractivity contribution in [3.63, 3.8) is 0 Å². The van der Waals surface area contributed by atoms with E-state index >= 15 is 0 Å². The van der Waals surface area contributed by atoms with E-state index in [1.165, 1.54) is 22.2 Å². The zero-order valence-electron chi connectivity index (χ0n) is 23.2. The van der Waals surface area contributed by atoms with Gasteiger partial charge in [0.25, 0.3) is 0 Å². The monoisotopic (exact) mass is 607 g/mol. The molecule has 2 rings (SSSR count). The molecule has 0 spiro atoms. The Morgan fingerprint density at radius 1 is 1.07 bits per heavy atom. The smallest absolute Gasteiger partial charge is 0.453 e. The Balaban J connectivity index is 1.66. The molecule has 1 aliphatic heterocycles. The second-order valence-corrected chi connectivity index (χ2v) is 12.3. The van der Waals surface area contributed by atoms with Crippen molar-refractivity contribution in [2.24, 2.45) is 5.92 Å². The number of anilines is 1. The second kappa shape index (κ2) is 18.0. The molecule has 1 aromatic rings. The van der Waals surface area contributed by atoms with Crippen molar-refractivity contribution in [2.75, 3.05) is 42.8 Å². The average Bonchev–Trinajstić information content (AvgIpc) is 2.91. The van der Waals surface area contributed by atoms with E-state index in [1.54, 1.807) is 12.2 Å². The van der Waals surface area contributed by atoms with Gasteiger partial charge in [0, 0.05) is 37.3 Å². The molecule has 2 unspecified atom stereocenters. The van der Waals surface area contributed by atoms with Gasteiger partial charge in [0.1, 0.15) is 5.76 Å². The van der Waals surface area contributed by atoms with Crippen LogP contribution in [0.1, 0.15) is 62.8 Å². The number of alkyl halides is 5. The van der Waals surface area contributed by atoms with Gasteiger partial charge < -0.3 is 15.2 Å². The first kappa shape index (κ1) is 34.6. The first-order valence-electron chi connectivity index (χ1n) is 13.8. The number of hydrogen-bond donors (Lipinski definition) is 2. The zero-order valence-corrected chi connectivity index (χ0v) is 24.8. The molecule has 1 fully saturated rings. The number of ether oxygens (including phenoxy) is 1. The lowest BCUT2D eigenvalue weighted by molar-refractivity contribution is -0.284. The maximum Gasteiger partial charge on any atom is 0.453 e. The Hall–Kier alpha value is -1.65. The van der Waals surface area contributed by atoms with Crippen molar-refractivity contribution in [3.8, 4) is 0 Å². The molecule has 0 radical (unpaired) electrons. The number of thioether (sulfide) groups is 2. The first-order valence-corrected chi connectivity index (χ1v) is 15.9. The normalized spacial score (nSPS) is 19.6. The highest BCUT2D eigenvalue weighted by atomic mass is 32.2. The summed E-state index contributed by atoms with van der Waals surface area (Å²) in [4.78, 5) is 1.20. The van der Waals surface area contributed by atoms with Crippen molar-refractivity contribution in [2.45, 2.75) is 69.4 Å². The fourth-order valence-electron chi connectivity index (χ4n) is 4.62. The number of unbranched alkanes of at least 4 members (excludes halogenated alkanes) is 3. The van der Waals surface area contributed by atoms with Crippen LogP contribution >= 0.6 is 23.5 Å². The number of nitrogens with one attached hydrogen (secondary N) is 1. The van der Waals surface area contributed by atoms with Crippen molar-refractivity contribution < 1.29 is 31.8 Å². The fourth-order valence-corrected chi connectivity index (χ4v) is 6.80. The number of aliphatic hydroxyl groups is 1. The molecule has 2 atom stereocenters. The van der Waals surface area contributed by atoms with Crippen molar-refractivity contribution in [1.82, 2.24) is 0 Å². The predicted octanol–water partition coefficient (Wildman–Crippen LogP) is 9.75. The molecule has 1 heterocycles. The maximum absolute atomic E-state index is 12.9. The molecule has 1 aromatic carbocycles. The molecule has 1 aliphatic rings. The van der Waals surface area contributed by atoms with Crippen molar-refractivity contribution in [3.05, 3.63) is 65.3 Å². The van der Waals surface area contributed by atoms with Crippen LogP contribution in [0.15, 0.2) is 59.7 Å². The summed E-state index contributed by atoms with van der Waals surface area (Å²) in [5.41, 5.74) is 2.44. The largest absolute Gasteiger partial charge is 0.508 e. The van der Waals surface area contributed by atoms with E-state index in [-0.39, 0.29) is 17.9 Å². The molecule has 3 nitrogen and oxygen atoms in total. The number of hydrogen-bond acceptors (Lipinski definition) is 5. The molecule has 40 heavy (non-hydrogen) atoms. The Labute approximate surface area is 244 Å². The van der Waals surface area contributed by atoms with Gasteiger partial charge in [-0.05, 0) is 78.0 Å². The Morgan fingerprint density at radius 2 is 1.80 bits per heavy atom. The van der Waals surface area contributed by atoms with Gasteiger partial charge in [0.05, 0.1) is 6.61 Å². The molecule has 0 bridgehead atoms. The summed E-state index contributed by atoms with van der Waals surface area (Å²) >= 11 is 3.15. The number of aliphatic hydroxyl groups excluding tert-OH is 1. The average molecular weight is 608 g/mol. The lowest BCUT2D eigenvalue weighted by Gasteiger charge is -2.33. The standard InChI is InChI=1S/C30H42F5NO2S2/c1-3-9-26(37)21-27-20-24(28(22-40-27)23-11-13-25(36-2)14-12-23)10-6-4-5-7-16-38-17-19-39-18-8-15-29(31,32)30(33,34)35/h3,9,11-14,21,24,28,36-37H,1,4-8,10,15-20,22H2,2H3/b26-9+,27-21+. The van der Waals surface area contributed by atoms with Crippen LogP contribution < -0.4 is 5.32 Å². The van der Waals surface area contributed by atoms with Gasteiger partial charge in [-0.2, -0.15) is 33.7 Å². The van der Waals surface area contributed by atoms with E-state index in [9.17, 15) is 27.1 Å². The highest BCUT2D eigenvalue weighted by Crippen LogP contribution is 2.45. The Bertz CT molecular complexity index is 935. The third kappa shape index (κ3) is 12.5. The third-order valence-corrected chi connectivity index (χ3v) is 9.10. The van der Waals surface area contributed by atoms with Crippen LogP contribution in [0.4, 0.5) is 27.6 Å². The van der Waals surface area contributed by atoms with Gasteiger partial charge in [-0.25, -0.2) is 0 Å². The van der Waals surface area contributed by atoms with Crippen LogP contribution in [0, 0.1) is 5.92 Å². The van der Waals surface area contributed by atoms with E-state index in [0.717, 1.165) is 50.0 Å². The number of allylic oxidation sites excluding steroid dienone is 4. The number of halogens is 5. The molecule has 0 aromatic heterocycles. The van der Waals surface area contributed by atoms with E-state index in [0.29, 0.717) is 30.8 Å². The van der Waals surface area contributed by atoms with Gasteiger partial charge in [-0.3, -0.25) is 0 Å². The van der Waals surface area contributed by atoms with E-state index in [2.05, 4.69) is 36.2 Å². The molecular formula is C30H42F5NO2S2. The highest BCUT2D eigenvalue weighted by molar-refractivity contribution is 8.03. The summed E-state index contributed by atoms with van der Waals surface area (Å²) in [6, 6.07) is 8.65. The molecule has 2 N–H and O–H groups in total. The minimum absolute atomic E-state index is 0.178. The van der Waals surface area contributed by atoms with Crippen LogP contribution in [-0.4, -0.2) is 54.7 Å². The predicted molar refractivity (Wildman–Crippen MR) is 160 cm³/mol. The van der Waals surface area contributed by atoms with Gasteiger partial charge >= 0.3 is 12.1 Å². The number of rotatable bonds is 18. The van der Waals surface area contributed by atoms with Crippen molar-refractivity contribution >= 4 is 29.2 Å². The van der Waals surface area contributed by atoms with Gasteiger partial charge in [-0.15, -0.1) is 11.8 Å². The Kier molecular flexibility index (Phi) is 15.6. The zero-order chi connectivity index (χ0) is 29.4. The summed E-state index contributed by atoms with van der Waals surface area (Å²) < 4.78 is 67.8. The van der Waals surface area contributed by atoms with Gasteiger partial charge in [0.15, 0.2) is 0 Å². The van der Waals surface area contributed by atoms with Gasteiger partial charge in [-0.1, -0.05) is 44.1 Å². The molecule has 1 saturated heterocycles. The van der Waals surface area contributed by atoms with E-state index in [4.69, 9.17) is 4.74 Å². The summed E-state index contributed by atoms with van der Waals surface area (Å²) in [7, 11) is 1.91. The van der Waals surface area contributed by atoms with Crippen LogP contribution in [0.2, 0.25) is 0 Å². The topological polar surface area (TPSA) is 41.5 Å². The van der Waals surface area contributed by atoms with Crippen molar-refractivity contribution in [1.29, 1.82) is 0 Å². The summed E-state index contributed by atoms with van der Waals surface area (Å²) in [6.45, 7) is 4.73. The minimum atomic E-state index is -5.47. The Morgan fingerprint density at radius 3 is 2.48 bits per heavy atom.